The van der Waals surface area contributed by atoms with E-state index in [4.69, 9.17) is 4.74 Å². The van der Waals surface area contributed by atoms with Gasteiger partial charge in [0.2, 0.25) is 11.8 Å². The zero-order chi connectivity index (χ0) is 17.7. The van der Waals surface area contributed by atoms with Gasteiger partial charge < -0.3 is 19.9 Å². The number of benzene rings is 1. The van der Waals surface area contributed by atoms with Gasteiger partial charge in [-0.3, -0.25) is 9.59 Å². The van der Waals surface area contributed by atoms with Crippen LogP contribution in [0.4, 0.5) is 0 Å². The molecule has 1 aliphatic rings. The van der Waals surface area contributed by atoms with Crippen molar-refractivity contribution >= 4 is 11.8 Å². The number of rotatable bonds is 7. The lowest BCUT2D eigenvalue weighted by molar-refractivity contribution is -0.129. The predicted octanol–water partition coefficient (Wildman–Crippen LogP) is 1.11. The Hall–Kier alpha value is -2.08. The molecule has 0 spiro atoms. The van der Waals surface area contributed by atoms with E-state index in [9.17, 15) is 9.59 Å². The molecule has 1 heterocycles. The molecular formula is C18H27N3O3. The van der Waals surface area contributed by atoms with Gasteiger partial charge in [-0.05, 0) is 38.7 Å². The Morgan fingerprint density at radius 1 is 1.38 bits per heavy atom. The van der Waals surface area contributed by atoms with E-state index >= 15 is 0 Å². The third-order valence-electron chi connectivity index (χ3n) is 4.57. The molecule has 2 amide bonds. The summed E-state index contributed by atoms with van der Waals surface area (Å²) in [5.74, 6) is 0.532. The molecule has 6 heteroatoms. The fraction of sp³-hybridized carbons (Fsp3) is 0.556. The number of ether oxygens (including phenoxy) is 1. The van der Waals surface area contributed by atoms with E-state index in [0.717, 1.165) is 11.3 Å². The molecule has 1 aliphatic heterocycles. The molecule has 1 aromatic rings. The van der Waals surface area contributed by atoms with Crippen LogP contribution >= 0.6 is 0 Å². The van der Waals surface area contributed by atoms with Crippen LogP contribution in [0.2, 0.25) is 0 Å². The molecule has 0 saturated carbocycles. The Morgan fingerprint density at radius 2 is 2.04 bits per heavy atom. The molecule has 0 radical (unpaired) electrons. The van der Waals surface area contributed by atoms with Gasteiger partial charge in [-0.2, -0.15) is 0 Å². The molecule has 1 aromatic carbocycles. The first-order valence-corrected chi connectivity index (χ1v) is 8.25. The summed E-state index contributed by atoms with van der Waals surface area (Å²) in [6.07, 6.45) is 0.290. The number of hydrogen-bond acceptors (Lipinski definition) is 4. The van der Waals surface area contributed by atoms with Gasteiger partial charge in [-0.15, -0.1) is 0 Å². The van der Waals surface area contributed by atoms with Crippen LogP contribution in [0.15, 0.2) is 24.3 Å². The molecule has 0 bridgehead atoms. The Labute approximate surface area is 143 Å². The van der Waals surface area contributed by atoms with E-state index in [-0.39, 0.29) is 23.8 Å². The van der Waals surface area contributed by atoms with Gasteiger partial charge in [0.05, 0.1) is 13.0 Å². The van der Waals surface area contributed by atoms with E-state index in [1.807, 2.05) is 38.4 Å². The van der Waals surface area contributed by atoms with Crippen LogP contribution in [0.25, 0.3) is 0 Å². The van der Waals surface area contributed by atoms with Crippen molar-refractivity contribution in [3.63, 3.8) is 0 Å². The van der Waals surface area contributed by atoms with Crippen LogP contribution in [0.5, 0.6) is 5.75 Å². The van der Waals surface area contributed by atoms with Crippen LogP contribution in [0.1, 0.15) is 18.9 Å². The SMILES string of the molecule is COc1ccc(CN2C[C@@H](C(=O)NC[C@H](C)N(C)C)CC2=O)cc1. The summed E-state index contributed by atoms with van der Waals surface area (Å²) < 4.78 is 5.13. The fourth-order valence-corrected chi connectivity index (χ4v) is 2.63. The number of amides is 2. The van der Waals surface area contributed by atoms with Crippen molar-refractivity contribution in [1.82, 2.24) is 15.1 Å². The smallest absolute Gasteiger partial charge is 0.225 e. The zero-order valence-electron chi connectivity index (χ0n) is 14.9. The van der Waals surface area contributed by atoms with Gasteiger partial charge in [0.25, 0.3) is 0 Å². The van der Waals surface area contributed by atoms with Gasteiger partial charge in [0, 0.05) is 32.1 Å². The maximum atomic E-state index is 12.3. The Bertz CT molecular complexity index is 571. The van der Waals surface area contributed by atoms with Crippen LogP contribution < -0.4 is 10.1 Å². The van der Waals surface area contributed by atoms with Crippen molar-refractivity contribution in [1.29, 1.82) is 0 Å². The van der Waals surface area contributed by atoms with Crippen LogP contribution in [-0.2, 0) is 16.1 Å². The van der Waals surface area contributed by atoms with Crippen molar-refractivity contribution in [3.8, 4) is 5.75 Å². The Kier molecular flexibility index (Phi) is 6.20. The average molecular weight is 333 g/mol. The van der Waals surface area contributed by atoms with Gasteiger partial charge >= 0.3 is 0 Å². The Morgan fingerprint density at radius 3 is 2.62 bits per heavy atom. The highest BCUT2D eigenvalue weighted by Crippen LogP contribution is 2.21. The highest BCUT2D eigenvalue weighted by atomic mass is 16.5. The third kappa shape index (κ3) is 4.71. The van der Waals surface area contributed by atoms with Gasteiger partial charge in [0.15, 0.2) is 0 Å². The number of likely N-dealkylation sites (tertiary alicyclic amines) is 1. The standard InChI is InChI=1S/C18H27N3O3/c1-13(20(2)3)10-19-18(23)15-9-17(22)21(12-15)11-14-5-7-16(24-4)8-6-14/h5-8,13,15H,9-12H2,1-4H3,(H,19,23)/t13-,15-/m0/s1. The minimum Gasteiger partial charge on any atom is -0.497 e. The van der Waals surface area contributed by atoms with Crippen molar-refractivity contribution in [3.05, 3.63) is 29.8 Å². The average Bonchev–Trinajstić information content (AvgIpc) is 2.93. The summed E-state index contributed by atoms with van der Waals surface area (Å²) in [5.41, 5.74) is 1.03. The second-order valence-electron chi connectivity index (χ2n) is 6.58. The van der Waals surface area contributed by atoms with Crippen molar-refractivity contribution in [2.45, 2.75) is 25.9 Å². The first-order valence-electron chi connectivity index (χ1n) is 8.25. The molecule has 132 valence electrons. The molecular weight excluding hydrogens is 306 g/mol. The van der Waals surface area contributed by atoms with Gasteiger partial charge in [-0.1, -0.05) is 12.1 Å². The molecule has 0 unspecified atom stereocenters. The first kappa shape index (κ1) is 18.3. The third-order valence-corrected chi connectivity index (χ3v) is 4.57. The largest absolute Gasteiger partial charge is 0.497 e. The number of carbonyl (C=O) groups is 2. The predicted molar refractivity (Wildman–Crippen MR) is 92.7 cm³/mol. The van der Waals surface area contributed by atoms with Crippen LogP contribution in [-0.4, -0.2) is 62.0 Å². The highest BCUT2D eigenvalue weighted by Gasteiger charge is 2.34. The second-order valence-corrected chi connectivity index (χ2v) is 6.58. The lowest BCUT2D eigenvalue weighted by Gasteiger charge is -2.21. The molecule has 2 rings (SSSR count). The normalized spacial score (nSPS) is 18.8. The van der Waals surface area contributed by atoms with E-state index in [1.165, 1.54) is 0 Å². The molecule has 24 heavy (non-hydrogen) atoms. The Balaban J connectivity index is 1.86. The summed E-state index contributed by atoms with van der Waals surface area (Å²) in [6.45, 7) is 3.65. The maximum absolute atomic E-state index is 12.3. The zero-order valence-corrected chi connectivity index (χ0v) is 14.9. The van der Waals surface area contributed by atoms with Crippen molar-refractivity contribution < 1.29 is 14.3 Å². The molecule has 0 aliphatic carbocycles. The minimum atomic E-state index is -0.259. The first-order chi connectivity index (χ1) is 11.4. The lowest BCUT2D eigenvalue weighted by atomic mass is 10.1. The highest BCUT2D eigenvalue weighted by molar-refractivity contribution is 5.89. The molecule has 1 N–H and O–H groups in total. The number of hydrogen-bond donors (Lipinski definition) is 1. The topological polar surface area (TPSA) is 61.9 Å². The van der Waals surface area contributed by atoms with E-state index < -0.39 is 0 Å². The summed E-state index contributed by atoms with van der Waals surface area (Å²) in [6, 6.07) is 7.91. The monoisotopic (exact) mass is 333 g/mol. The van der Waals surface area contributed by atoms with Crippen molar-refractivity contribution in [2.75, 3.05) is 34.3 Å². The lowest BCUT2D eigenvalue weighted by Crippen LogP contribution is -2.41. The molecule has 1 fully saturated rings. The van der Waals surface area contributed by atoms with Crippen molar-refractivity contribution in [2.24, 2.45) is 5.92 Å². The number of nitrogens with zero attached hydrogens (tertiary/aromatic N) is 2. The van der Waals surface area contributed by atoms with E-state index in [1.54, 1.807) is 12.0 Å². The minimum absolute atomic E-state index is 0.0331. The van der Waals surface area contributed by atoms with Crippen LogP contribution in [0.3, 0.4) is 0 Å². The fourth-order valence-electron chi connectivity index (χ4n) is 2.63. The van der Waals surface area contributed by atoms with Gasteiger partial charge in [-0.25, -0.2) is 0 Å². The summed E-state index contributed by atoms with van der Waals surface area (Å²) >= 11 is 0. The summed E-state index contributed by atoms with van der Waals surface area (Å²) in [5, 5.41) is 2.95. The summed E-state index contributed by atoms with van der Waals surface area (Å²) in [7, 11) is 5.58. The number of methoxy groups -OCH3 is 1. The maximum Gasteiger partial charge on any atom is 0.225 e. The number of nitrogens with one attached hydrogen (secondary N) is 1. The molecule has 2 atom stereocenters. The quantitative estimate of drug-likeness (QED) is 0.812. The van der Waals surface area contributed by atoms with E-state index in [0.29, 0.717) is 26.1 Å². The van der Waals surface area contributed by atoms with Crippen LogP contribution in [0, 0.1) is 5.92 Å². The summed E-state index contributed by atoms with van der Waals surface area (Å²) in [4.78, 5) is 28.3. The second kappa shape index (κ2) is 8.15. The van der Waals surface area contributed by atoms with Gasteiger partial charge in [0.1, 0.15) is 5.75 Å². The number of carbonyl (C=O) groups excluding carboxylic acids is 2. The van der Waals surface area contributed by atoms with E-state index in [2.05, 4.69) is 17.1 Å². The molecule has 0 aromatic heterocycles. The molecule has 1 saturated heterocycles. The number of likely N-dealkylation sites (N-methyl/N-ethyl adjacent to an activating group) is 1. The molecule has 6 nitrogen and oxygen atoms in total.